The molecule has 172 valence electrons. The highest BCUT2D eigenvalue weighted by Gasteiger charge is 2.24. The zero-order valence-electron chi connectivity index (χ0n) is 21.3. The summed E-state index contributed by atoms with van der Waals surface area (Å²) >= 11 is 0. The van der Waals surface area contributed by atoms with Crippen LogP contribution in [0.3, 0.4) is 0 Å². The van der Waals surface area contributed by atoms with Crippen LogP contribution in [0.5, 0.6) is 0 Å². The highest BCUT2D eigenvalue weighted by atomic mass is 14.3. The first-order valence-electron chi connectivity index (χ1n) is 12.4. The van der Waals surface area contributed by atoms with Crippen molar-refractivity contribution in [3.8, 4) is 44.5 Å². The lowest BCUT2D eigenvalue weighted by molar-refractivity contribution is 1.32. The van der Waals surface area contributed by atoms with Gasteiger partial charge >= 0.3 is 0 Å². The molecule has 0 saturated carbocycles. The van der Waals surface area contributed by atoms with Crippen molar-refractivity contribution in [2.45, 2.75) is 34.6 Å². The highest BCUT2D eigenvalue weighted by molar-refractivity contribution is 6.04. The molecule has 0 heteroatoms. The van der Waals surface area contributed by atoms with E-state index in [1.807, 2.05) is 0 Å². The van der Waals surface area contributed by atoms with Crippen molar-refractivity contribution in [3.63, 3.8) is 0 Å². The molecule has 0 radical (unpaired) electrons. The third-order valence-corrected chi connectivity index (χ3v) is 7.19. The van der Waals surface area contributed by atoms with E-state index in [-0.39, 0.29) is 0 Å². The minimum absolute atomic E-state index is 1.25. The Labute approximate surface area is 209 Å². The lowest BCUT2D eigenvalue weighted by Gasteiger charge is -2.26. The van der Waals surface area contributed by atoms with Gasteiger partial charge in [-0.1, -0.05) is 114 Å². The summed E-state index contributed by atoms with van der Waals surface area (Å²) in [5, 5.41) is 0. The summed E-state index contributed by atoms with van der Waals surface area (Å²) in [6.45, 7) is 11.1. The monoisotopic (exact) mass is 452 g/mol. The normalized spacial score (nSPS) is 11.0. The molecule has 0 nitrogen and oxygen atoms in total. The summed E-state index contributed by atoms with van der Waals surface area (Å²) in [5.41, 5.74) is 16.9. The largest absolute Gasteiger partial charge is 0.0622 e. The second kappa shape index (κ2) is 9.39. The molecule has 0 unspecified atom stereocenters. The van der Waals surface area contributed by atoms with Gasteiger partial charge in [-0.05, 0) is 95.8 Å². The predicted octanol–water partition coefficient (Wildman–Crippen LogP) is 9.90. The Kier molecular flexibility index (Phi) is 6.14. The van der Waals surface area contributed by atoms with Gasteiger partial charge in [0.15, 0.2) is 0 Å². The number of benzene rings is 5. The van der Waals surface area contributed by atoms with Crippen LogP contribution >= 0.6 is 0 Å². The molecule has 0 aromatic heterocycles. The standard InChI is InChI=1S/C35H32/c1-23-18-20-29(21-19-23)32-26(4)27(5)33(30-16-11-12-24(2)22-30)35(31-17-10-9-13-25(31)3)34(32)28-14-7-6-8-15-28/h6-22H,1-5H3. The molecule has 0 N–H and O–H groups in total. The van der Waals surface area contributed by atoms with Crippen molar-refractivity contribution in [2.24, 2.45) is 0 Å². The van der Waals surface area contributed by atoms with Crippen molar-refractivity contribution in [3.05, 3.63) is 131 Å². The van der Waals surface area contributed by atoms with E-state index in [4.69, 9.17) is 0 Å². The molecule has 0 aliphatic rings. The molecular formula is C35H32. The summed E-state index contributed by atoms with van der Waals surface area (Å²) < 4.78 is 0. The molecule has 5 rings (SSSR count). The lowest BCUT2D eigenvalue weighted by Crippen LogP contribution is -2.02. The fourth-order valence-corrected chi connectivity index (χ4v) is 5.26. The van der Waals surface area contributed by atoms with Crippen LogP contribution in [0.25, 0.3) is 44.5 Å². The van der Waals surface area contributed by atoms with Crippen molar-refractivity contribution in [1.82, 2.24) is 0 Å². The average molecular weight is 453 g/mol. The van der Waals surface area contributed by atoms with Gasteiger partial charge in [-0.3, -0.25) is 0 Å². The SMILES string of the molecule is Cc1ccc(-c2c(C)c(C)c(-c3cccc(C)c3)c(-c3ccccc3C)c2-c2ccccc2)cc1. The molecule has 0 bridgehead atoms. The van der Waals surface area contributed by atoms with Crippen molar-refractivity contribution in [2.75, 3.05) is 0 Å². The fraction of sp³-hybridized carbons (Fsp3) is 0.143. The van der Waals surface area contributed by atoms with Crippen LogP contribution in [0.2, 0.25) is 0 Å². The van der Waals surface area contributed by atoms with Gasteiger partial charge < -0.3 is 0 Å². The second-order valence-electron chi connectivity index (χ2n) is 9.67. The zero-order chi connectivity index (χ0) is 24.5. The van der Waals surface area contributed by atoms with E-state index in [0.29, 0.717) is 0 Å². The van der Waals surface area contributed by atoms with Gasteiger partial charge in [0.05, 0.1) is 0 Å². The quantitative estimate of drug-likeness (QED) is 0.254. The van der Waals surface area contributed by atoms with E-state index in [2.05, 4.69) is 138 Å². The lowest BCUT2D eigenvalue weighted by atomic mass is 9.77. The molecule has 0 aliphatic heterocycles. The Morgan fingerprint density at radius 2 is 0.943 bits per heavy atom. The molecule has 0 atom stereocenters. The molecule has 5 aromatic rings. The first kappa shape index (κ1) is 22.9. The van der Waals surface area contributed by atoms with E-state index in [1.165, 1.54) is 72.3 Å². The molecule has 0 fully saturated rings. The molecule has 0 aliphatic carbocycles. The van der Waals surface area contributed by atoms with Gasteiger partial charge in [-0.25, -0.2) is 0 Å². The van der Waals surface area contributed by atoms with Crippen molar-refractivity contribution in [1.29, 1.82) is 0 Å². The van der Waals surface area contributed by atoms with Gasteiger partial charge in [0.25, 0.3) is 0 Å². The maximum Gasteiger partial charge on any atom is -0.00150 e. The molecular weight excluding hydrogens is 420 g/mol. The minimum Gasteiger partial charge on any atom is -0.0622 e. The smallest absolute Gasteiger partial charge is 0.00150 e. The topological polar surface area (TPSA) is 0 Å². The summed E-state index contributed by atoms with van der Waals surface area (Å²) in [4.78, 5) is 0. The van der Waals surface area contributed by atoms with Crippen LogP contribution in [0, 0.1) is 34.6 Å². The van der Waals surface area contributed by atoms with Gasteiger partial charge in [0.2, 0.25) is 0 Å². The van der Waals surface area contributed by atoms with E-state index in [0.717, 1.165) is 0 Å². The summed E-state index contributed by atoms with van der Waals surface area (Å²) in [6, 6.07) is 37.7. The molecule has 35 heavy (non-hydrogen) atoms. The van der Waals surface area contributed by atoms with Crippen LogP contribution in [-0.2, 0) is 0 Å². The first-order chi connectivity index (χ1) is 17.0. The minimum atomic E-state index is 1.25. The van der Waals surface area contributed by atoms with Crippen LogP contribution in [0.1, 0.15) is 27.8 Å². The Morgan fingerprint density at radius 1 is 0.371 bits per heavy atom. The Morgan fingerprint density at radius 3 is 1.60 bits per heavy atom. The van der Waals surface area contributed by atoms with Crippen molar-refractivity contribution >= 4 is 0 Å². The Bertz CT molecular complexity index is 1500. The predicted molar refractivity (Wildman–Crippen MR) is 152 cm³/mol. The number of hydrogen-bond donors (Lipinski definition) is 0. The van der Waals surface area contributed by atoms with Crippen LogP contribution < -0.4 is 0 Å². The first-order valence-corrected chi connectivity index (χ1v) is 12.4. The van der Waals surface area contributed by atoms with E-state index in [1.54, 1.807) is 0 Å². The molecule has 5 aromatic carbocycles. The highest BCUT2D eigenvalue weighted by Crippen LogP contribution is 2.50. The van der Waals surface area contributed by atoms with Gasteiger partial charge in [0.1, 0.15) is 0 Å². The van der Waals surface area contributed by atoms with Crippen LogP contribution in [0.15, 0.2) is 103 Å². The molecule has 0 spiro atoms. The Balaban J connectivity index is 2.02. The van der Waals surface area contributed by atoms with Gasteiger partial charge in [-0.2, -0.15) is 0 Å². The van der Waals surface area contributed by atoms with E-state index >= 15 is 0 Å². The number of hydrogen-bond acceptors (Lipinski definition) is 0. The zero-order valence-corrected chi connectivity index (χ0v) is 21.3. The third-order valence-electron chi connectivity index (χ3n) is 7.19. The van der Waals surface area contributed by atoms with E-state index in [9.17, 15) is 0 Å². The summed E-state index contributed by atoms with van der Waals surface area (Å²) in [6.07, 6.45) is 0. The summed E-state index contributed by atoms with van der Waals surface area (Å²) in [7, 11) is 0. The molecule has 0 heterocycles. The molecule has 0 saturated heterocycles. The van der Waals surface area contributed by atoms with Crippen molar-refractivity contribution < 1.29 is 0 Å². The Hall–Kier alpha value is -3.90. The second-order valence-corrected chi connectivity index (χ2v) is 9.67. The number of aryl methyl sites for hydroxylation is 3. The van der Waals surface area contributed by atoms with Crippen LogP contribution in [0.4, 0.5) is 0 Å². The van der Waals surface area contributed by atoms with Gasteiger partial charge in [-0.15, -0.1) is 0 Å². The average Bonchev–Trinajstić information content (AvgIpc) is 2.87. The van der Waals surface area contributed by atoms with Crippen LogP contribution in [-0.4, -0.2) is 0 Å². The van der Waals surface area contributed by atoms with E-state index < -0.39 is 0 Å². The number of rotatable bonds is 4. The fourth-order valence-electron chi connectivity index (χ4n) is 5.26. The molecule has 0 amide bonds. The summed E-state index contributed by atoms with van der Waals surface area (Å²) in [5.74, 6) is 0. The maximum atomic E-state index is 2.32. The van der Waals surface area contributed by atoms with Gasteiger partial charge in [0, 0.05) is 0 Å². The maximum absolute atomic E-state index is 2.32. The third kappa shape index (κ3) is 4.21.